The number of amides is 1. The Bertz CT molecular complexity index is 202. The molecule has 0 heterocycles. The van der Waals surface area contributed by atoms with Gasteiger partial charge in [0, 0.05) is 13.5 Å². The SMILES string of the molecule is C=COCCC(C(=O)O)C(=O)NC. The van der Waals surface area contributed by atoms with Crippen LogP contribution in [0.3, 0.4) is 0 Å². The summed E-state index contributed by atoms with van der Waals surface area (Å²) in [7, 11) is 1.40. The molecular formula is C8H13NO4. The molecule has 5 nitrogen and oxygen atoms in total. The Balaban J connectivity index is 4.02. The number of carboxylic acids is 1. The van der Waals surface area contributed by atoms with Crippen LogP contribution in [0.1, 0.15) is 6.42 Å². The molecule has 1 atom stereocenters. The Morgan fingerprint density at radius 1 is 1.69 bits per heavy atom. The third-order valence-corrected chi connectivity index (χ3v) is 1.50. The molecule has 2 N–H and O–H groups in total. The molecule has 1 amide bonds. The Kier molecular flexibility index (Phi) is 5.34. The standard InChI is InChI=1S/C8H13NO4/c1-3-13-5-4-6(8(11)12)7(10)9-2/h3,6H,1,4-5H2,2H3,(H,9,10)(H,11,12). The van der Waals surface area contributed by atoms with Gasteiger partial charge in [-0.05, 0) is 0 Å². The van der Waals surface area contributed by atoms with E-state index in [0.717, 1.165) is 0 Å². The fourth-order valence-electron chi connectivity index (χ4n) is 0.810. The first-order valence-electron chi connectivity index (χ1n) is 3.80. The fourth-order valence-corrected chi connectivity index (χ4v) is 0.810. The van der Waals surface area contributed by atoms with Crippen LogP contribution in [0.25, 0.3) is 0 Å². The molecule has 1 unspecified atom stereocenters. The average Bonchev–Trinajstić information content (AvgIpc) is 2.11. The number of rotatable bonds is 6. The normalized spacial score (nSPS) is 11.5. The minimum absolute atomic E-state index is 0.140. The number of carbonyl (C=O) groups is 2. The smallest absolute Gasteiger partial charge is 0.316 e. The second kappa shape index (κ2) is 6.05. The molecule has 0 rings (SSSR count). The van der Waals surface area contributed by atoms with Crippen LogP contribution < -0.4 is 5.32 Å². The highest BCUT2D eigenvalue weighted by molar-refractivity contribution is 5.96. The molecule has 0 bridgehead atoms. The summed E-state index contributed by atoms with van der Waals surface area (Å²) in [4.78, 5) is 21.5. The van der Waals surface area contributed by atoms with Crippen molar-refractivity contribution in [2.45, 2.75) is 6.42 Å². The van der Waals surface area contributed by atoms with E-state index in [9.17, 15) is 9.59 Å². The lowest BCUT2D eigenvalue weighted by Crippen LogP contribution is -2.33. The van der Waals surface area contributed by atoms with Gasteiger partial charge in [-0.15, -0.1) is 0 Å². The van der Waals surface area contributed by atoms with Crippen molar-refractivity contribution in [1.82, 2.24) is 5.32 Å². The van der Waals surface area contributed by atoms with Gasteiger partial charge in [-0.2, -0.15) is 0 Å². The van der Waals surface area contributed by atoms with Crippen molar-refractivity contribution in [3.05, 3.63) is 12.8 Å². The monoisotopic (exact) mass is 187 g/mol. The fraction of sp³-hybridized carbons (Fsp3) is 0.500. The molecule has 0 aliphatic rings. The number of nitrogens with one attached hydrogen (secondary N) is 1. The van der Waals surface area contributed by atoms with Crippen molar-refractivity contribution in [2.24, 2.45) is 5.92 Å². The number of hydrogen-bond donors (Lipinski definition) is 2. The van der Waals surface area contributed by atoms with Gasteiger partial charge < -0.3 is 15.2 Å². The Morgan fingerprint density at radius 3 is 2.69 bits per heavy atom. The second-order valence-corrected chi connectivity index (χ2v) is 2.33. The zero-order chi connectivity index (χ0) is 10.3. The Labute approximate surface area is 76.4 Å². The van der Waals surface area contributed by atoms with E-state index in [2.05, 4.69) is 11.9 Å². The van der Waals surface area contributed by atoms with Crippen molar-refractivity contribution < 1.29 is 19.4 Å². The van der Waals surface area contributed by atoms with E-state index in [-0.39, 0.29) is 13.0 Å². The highest BCUT2D eigenvalue weighted by Crippen LogP contribution is 2.03. The van der Waals surface area contributed by atoms with E-state index < -0.39 is 17.8 Å². The first-order chi connectivity index (χ1) is 6.13. The second-order valence-electron chi connectivity index (χ2n) is 2.33. The van der Waals surface area contributed by atoms with Crippen LogP contribution in [-0.2, 0) is 14.3 Å². The van der Waals surface area contributed by atoms with Crippen LogP contribution in [0.4, 0.5) is 0 Å². The Hall–Kier alpha value is -1.52. The first kappa shape index (κ1) is 11.5. The largest absolute Gasteiger partial charge is 0.502 e. The van der Waals surface area contributed by atoms with E-state index >= 15 is 0 Å². The molecule has 0 radical (unpaired) electrons. The maximum atomic E-state index is 11.0. The summed E-state index contributed by atoms with van der Waals surface area (Å²) >= 11 is 0. The van der Waals surface area contributed by atoms with Crippen molar-refractivity contribution >= 4 is 11.9 Å². The molecular weight excluding hydrogens is 174 g/mol. The van der Waals surface area contributed by atoms with Crippen LogP contribution in [-0.4, -0.2) is 30.6 Å². The summed E-state index contributed by atoms with van der Waals surface area (Å²) in [6.07, 6.45) is 1.35. The predicted molar refractivity (Wildman–Crippen MR) is 46.0 cm³/mol. The topological polar surface area (TPSA) is 75.6 Å². The Morgan fingerprint density at radius 2 is 2.31 bits per heavy atom. The van der Waals surface area contributed by atoms with Gasteiger partial charge in [-0.3, -0.25) is 9.59 Å². The van der Waals surface area contributed by atoms with Gasteiger partial charge in [0.05, 0.1) is 12.9 Å². The maximum absolute atomic E-state index is 11.0. The lowest BCUT2D eigenvalue weighted by Gasteiger charge is -2.09. The maximum Gasteiger partial charge on any atom is 0.316 e. The van der Waals surface area contributed by atoms with Crippen LogP contribution in [0.2, 0.25) is 0 Å². The molecule has 0 aliphatic heterocycles. The zero-order valence-electron chi connectivity index (χ0n) is 7.45. The predicted octanol–water partition coefficient (Wildman–Crippen LogP) is -0.0166. The number of hydrogen-bond acceptors (Lipinski definition) is 3. The number of ether oxygens (including phenoxy) is 1. The third-order valence-electron chi connectivity index (χ3n) is 1.50. The van der Waals surface area contributed by atoms with Gasteiger partial charge in [-0.1, -0.05) is 6.58 Å². The summed E-state index contributed by atoms with van der Waals surface area (Å²) < 4.78 is 4.73. The zero-order valence-corrected chi connectivity index (χ0v) is 7.45. The molecule has 0 aromatic heterocycles. The van der Waals surface area contributed by atoms with Gasteiger partial charge in [-0.25, -0.2) is 0 Å². The number of aliphatic carboxylic acids is 1. The minimum Gasteiger partial charge on any atom is -0.502 e. The van der Waals surface area contributed by atoms with Gasteiger partial charge in [0.2, 0.25) is 5.91 Å². The van der Waals surface area contributed by atoms with Crippen molar-refractivity contribution in [3.8, 4) is 0 Å². The summed E-state index contributed by atoms with van der Waals surface area (Å²) in [5.41, 5.74) is 0. The molecule has 0 aliphatic carbocycles. The molecule has 0 spiro atoms. The first-order valence-corrected chi connectivity index (χ1v) is 3.80. The summed E-state index contributed by atoms with van der Waals surface area (Å²) in [5.74, 6) is -2.71. The third kappa shape index (κ3) is 4.15. The van der Waals surface area contributed by atoms with E-state index in [1.165, 1.54) is 13.3 Å². The van der Waals surface area contributed by atoms with E-state index in [0.29, 0.717) is 0 Å². The number of carboxylic acid groups (broad SMARTS) is 1. The van der Waals surface area contributed by atoms with Crippen molar-refractivity contribution in [1.29, 1.82) is 0 Å². The lowest BCUT2D eigenvalue weighted by atomic mass is 10.1. The summed E-state index contributed by atoms with van der Waals surface area (Å²) in [6.45, 7) is 3.47. The highest BCUT2D eigenvalue weighted by atomic mass is 16.5. The average molecular weight is 187 g/mol. The summed E-state index contributed by atoms with van der Waals surface area (Å²) in [5, 5.41) is 10.9. The van der Waals surface area contributed by atoms with Crippen LogP contribution in [0, 0.1) is 5.92 Å². The molecule has 0 aromatic carbocycles. The quantitative estimate of drug-likeness (QED) is 0.348. The summed E-state index contributed by atoms with van der Waals surface area (Å²) in [6, 6.07) is 0. The molecule has 0 saturated carbocycles. The van der Waals surface area contributed by atoms with E-state index in [4.69, 9.17) is 9.84 Å². The van der Waals surface area contributed by atoms with Gasteiger partial charge in [0.15, 0.2) is 0 Å². The van der Waals surface area contributed by atoms with Crippen LogP contribution in [0.5, 0.6) is 0 Å². The lowest BCUT2D eigenvalue weighted by molar-refractivity contribution is -0.147. The van der Waals surface area contributed by atoms with E-state index in [1.807, 2.05) is 0 Å². The highest BCUT2D eigenvalue weighted by Gasteiger charge is 2.24. The van der Waals surface area contributed by atoms with Crippen molar-refractivity contribution in [3.63, 3.8) is 0 Å². The van der Waals surface area contributed by atoms with Gasteiger partial charge in [0.25, 0.3) is 0 Å². The molecule has 0 fully saturated rings. The minimum atomic E-state index is -1.15. The molecule has 13 heavy (non-hydrogen) atoms. The van der Waals surface area contributed by atoms with Gasteiger partial charge >= 0.3 is 5.97 Å². The molecule has 0 saturated heterocycles. The molecule has 0 aromatic rings. The van der Waals surface area contributed by atoms with Gasteiger partial charge in [0.1, 0.15) is 5.92 Å². The van der Waals surface area contributed by atoms with Crippen molar-refractivity contribution in [2.75, 3.05) is 13.7 Å². The van der Waals surface area contributed by atoms with Crippen LogP contribution >= 0.6 is 0 Å². The molecule has 5 heteroatoms. The van der Waals surface area contributed by atoms with E-state index in [1.54, 1.807) is 0 Å². The number of carbonyl (C=O) groups excluding carboxylic acids is 1. The van der Waals surface area contributed by atoms with Crippen LogP contribution in [0.15, 0.2) is 12.8 Å². The molecule has 74 valence electrons.